The first-order valence-electron chi connectivity index (χ1n) is 8.40. The minimum absolute atomic E-state index is 0.0875. The fourth-order valence-electron chi connectivity index (χ4n) is 4.97. The molecule has 0 amide bonds. The first-order chi connectivity index (χ1) is 11.6. The number of carbonyl (C=O) groups is 1. The molecule has 0 aliphatic carbocycles. The molecule has 0 spiro atoms. The monoisotopic (exact) mass is 383 g/mol. The van der Waals surface area contributed by atoms with Gasteiger partial charge in [-0.2, -0.15) is 0 Å². The van der Waals surface area contributed by atoms with Crippen molar-refractivity contribution >= 4 is 27.4 Å². The third kappa shape index (κ3) is 1.73. The summed E-state index contributed by atoms with van der Waals surface area (Å²) in [6.45, 7) is 0. The number of likely N-dealkylation sites (N-methyl/N-ethyl adjacent to an activating group) is 1. The molecule has 4 atom stereocenters. The highest BCUT2D eigenvalue weighted by molar-refractivity contribution is 9.10. The summed E-state index contributed by atoms with van der Waals surface area (Å²) in [6, 6.07) is 17.0. The summed E-state index contributed by atoms with van der Waals surface area (Å²) in [6.07, 6.45) is 1.02. The van der Waals surface area contributed by atoms with E-state index in [1.54, 1.807) is 0 Å². The van der Waals surface area contributed by atoms with Gasteiger partial charge in [-0.25, -0.2) is 0 Å². The number of hydrogen-bond donors (Lipinski definition) is 0. The topological polar surface area (TPSA) is 29.5 Å². The zero-order chi connectivity index (χ0) is 16.5. The summed E-state index contributed by atoms with van der Waals surface area (Å²) in [5, 5.41) is 0. The number of fused-ring (bicyclic) bond motifs is 7. The molecular formula is C20H18BrNO2. The van der Waals surface area contributed by atoms with Crippen molar-refractivity contribution in [2.24, 2.45) is 0 Å². The fourth-order valence-corrected chi connectivity index (χ4v) is 5.35. The van der Waals surface area contributed by atoms with Crippen molar-refractivity contribution in [3.63, 3.8) is 0 Å². The zero-order valence-electron chi connectivity index (χ0n) is 13.4. The van der Waals surface area contributed by atoms with Crippen molar-refractivity contribution in [3.8, 4) is 0 Å². The van der Waals surface area contributed by atoms with Gasteiger partial charge < -0.3 is 9.64 Å². The normalized spacial score (nSPS) is 33.5. The van der Waals surface area contributed by atoms with Gasteiger partial charge in [0.15, 0.2) is 5.78 Å². The minimum Gasteiger partial charge on any atom is -0.368 e. The number of ether oxygens (including phenoxy) is 1. The molecule has 5 rings (SSSR count). The molecule has 0 aromatic heterocycles. The zero-order valence-corrected chi connectivity index (χ0v) is 15.0. The molecule has 2 saturated heterocycles. The van der Waals surface area contributed by atoms with Crippen molar-refractivity contribution in [2.45, 2.75) is 36.5 Å². The second-order valence-electron chi connectivity index (χ2n) is 7.04. The highest BCUT2D eigenvalue weighted by Gasteiger charge is 2.64. The number of Topliss-reactive ketones (excluding diaryl/α,β-unsaturated/α-hetero) is 1. The van der Waals surface area contributed by atoms with Crippen molar-refractivity contribution < 1.29 is 9.53 Å². The van der Waals surface area contributed by atoms with Crippen LogP contribution in [-0.4, -0.2) is 25.0 Å². The van der Waals surface area contributed by atoms with Crippen molar-refractivity contribution in [3.05, 3.63) is 64.1 Å². The molecular weight excluding hydrogens is 366 g/mol. The molecule has 0 N–H and O–H groups in total. The lowest BCUT2D eigenvalue weighted by Crippen LogP contribution is -2.42. The Kier molecular flexibility index (Phi) is 3.01. The molecule has 3 nitrogen and oxygen atoms in total. The molecule has 2 aromatic carbocycles. The van der Waals surface area contributed by atoms with Gasteiger partial charge in [-0.15, -0.1) is 0 Å². The third-order valence-corrected chi connectivity index (χ3v) is 6.46. The third-order valence-electron chi connectivity index (χ3n) is 5.97. The van der Waals surface area contributed by atoms with Crippen LogP contribution in [0.1, 0.15) is 29.9 Å². The number of nitrogens with zero attached hydrogens (tertiary/aromatic N) is 1. The predicted octanol–water partition coefficient (Wildman–Crippen LogP) is 4.01. The van der Waals surface area contributed by atoms with Gasteiger partial charge >= 0.3 is 0 Å². The summed E-state index contributed by atoms with van der Waals surface area (Å²) >= 11 is 3.61. The lowest BCUT2D eigenvalue weighted by Gasteiger charge is -2.37. The van der Waals surface area contributed by atoms with Crippen LogP contribution in [0.3, 0.4) is 0 Å². The summed E-state index contributed by atoms with van der Waals surface area (Å²) in [7, 11) is 2.09. The van der Waals surface area contributed by atoms with Crippen molar-refractivity contribution in [1.29, 1.82) is 0 Å². The van der Waals surface area contributed by atoms with Crippen LogP contribution in [0.15, 0.2) is 53.0 Å². The van der Waals surface area contributed by atoms with E-state index >= 15 is 0 Å². The van der Waals surface area contributed by atoms with Crippen LogP contribution in [-0.2, 0) is 15.1 Å². The Bertz CT molecular complexity index is 837. The second kappa shape index (κ2) is 4.93. The van der Waals surface area contributed by atoms with E-state index in [1.165, 1.54) is 16.8 Å². The summed E-state index contributed by atoms with van der Waals surface area (Å²) in [4.78, 5) is 14.8. The van der Waals surface area contributed by atoms with Gasteiger partial charge in [0.2, 0.25) is 0 Å². The van der Waals surface area contributed by atoms with Gasteiger partial charge in [0.25, 0.3) is 0 Å². The lowest BCUT2D eigenvalue weighted by molar-refractivity contribution is -0.148. The number of ketones is 1. The van der Waals surface area contributed by atoms with Crippen LogP contribution < -0.4 is 4.90 Å². The van der Waals surface area contributed by atoms with Crippen LogP contribution in [0.4, 0.5) is 5.69 Å². The largest absolute Gasteiger partial charge is 0.368 e. The van der Waals surface area contributed by atoms with Gasteiger partial charge in [0.05, 0.1) is 6.04 Å². The van der Waals surface area contributed by atoms with Crippen LogP contribution in [0, 0.1) is 0 Å². The van der Waals surface area contributed by atoms with E-state index in [4.69, 9.17) is 4.74 Å². The maximum absolute atomic E-state index is 12.6. The number of benzene rings is 2. The van der Waals surface area contributed by atoms with Gasteiger partial charge in [0.1, 0.15) is 11.7 Å². The molecule has 3 aliphatic rings. The van der Waals surface area contributed by atoms with Crippen molar-refractivity contribution in [2.75, 3.05) is 11.9 Å². The van der Waals surface area contributed by atoms with E-state index < -0.39 is 5.60 Å². The SMILES string of the molecule is CN1c2ccc(Br)cc2[C@H]2[C@@H]1[C@H]1O[C@]2(c2ccccc2)CCC1=O. The molecule has 122 valence electrons. The first-order valence-corrected chi connectivity index (χ1v) is 9.19. The Hall–Kier alpha value is -1.65. The van der Waals surface area contributed by atoms with Gasteiger partial charge in [-0.1, -0.05) is 46.3 Å². The molecule has 2 bridgehead atoms. The lowest BCUT2D eigenvalue weighted by atomic mass is 9.75. The smallest absolute Gasteiger partial charge is 0.163 e. The van der Waals surface area contributed by atoms with Crippen LogP contribution in [0.2, 0.25) is 0 Å². The summed E-state index contributed by atoms with van der Waals surface area (Å²) in [5.41, 5.74) is 3.30. The fraction of sp³-hybridized carbons (Fsp3) is 0.350. The van der Waals surface area contributed by atoms with E-state index in [2.05, 4.69) is 70.3 Å². The highest BCUT2D eigenvalue weighted by Crippen LogP contribution is 2.61. The molecule has 4 heteroatoms. The Morgan fingerprint density at radius 3 is 2.79 bits per heavy atom. The Labute approximate surface area is 149 Å². The molecule has 3 aliphatic heterocycles. The summed E-state index contributed by atoms with van der Waals surface area (Å²) < 4.78 is 7.59. The molecule has 2 aromatic rings. The van der Waals surface area contributed by atoms with Crippen LogP contribution in [0.25, 0.3) is 0 Å². The van der Waals surface area contributed by atoms with Gasteiger partial charge in [0, 0.05) is 29.5 Å². The first kappa shape index (κ1) is 14.7. The van der Waals surface area contributed by atoms with Crippen LogP contribution >= 0.6 is 15.9 Å². The number of halogens is 1. The molecule has 0 unspecified atom stereocenters. The number of rotatable bonds is 1. The van der Waals surface area contributed by atoms with Crippen LogP contribution in [0.5, 0.6) is 0 Å². The number of anilines is 1. The maximum Gasteiger partial charge on any atom is 0.163 e. The molecule has 0 saturated carbocycles. The quantitative estimate of drug-likeness (QED) is 0.744. The summed E-state index contributed by atoms with van der Waals surface area (Å²) in [5.74, 6) is 0.432. The van der Waals surface area contributed by atoms with E-state index in [9.17, 15) is 4.79 Å². The second-order valence-corrected chi connectivity index (χ2v) is 7.96. The Morgan fingerprint density at radius 2 is 2.00 bits per heavy atom. The van der Waals surface area contributed by atoms with Crippen molar-refractivity contribution in [1.82, 2.24) is 0 Å². The van der Waals surface area contributed by atoms with Gasteiger partial charge in [-0.3, -0.25) is 4.79 Å². The standard InChI is InChI=1S/C20H18BrNO2/c1-22-15-8-7-13(21)11-14(15)17-18(22)19-16(23)9-10-20(17,24-19)12-5-3-2-4-6-12/h2-8,11,17-19H,9-10H2,1H3/t17-,18+,19-,20-/m0/s1. The van der Waals surface area contributed by atoms with E-state index in [1.807, 2.05) is 6.07 Å². The average Bonchev–Trinajstić information content (AvgIpc) is 3.05. The molecule has 2 fully saturated rings. The molecule has 0 radical (unpaired) electrons. The Balaban J connectivity index is 1.76. The highest BCUT2D eigenvalue weighted by atomic mass is 79.9. The number of carbonyl (C=O) groups excluding carboxylic acids is 1. The van der Waals surface area contributed by atoms with Gasteiger partial charge in [-0.05, 0) is 35.7 Å². The molecule has 3 heterocycles. The minimum atomic E-state index is -0.398. The van der Waals surface area contributed by atoms with E-state index in [0.29, 0.717) is 6.42 Å². The molecule has 24 heavy (non-hydrogen) atoms. The number of hydrogen-bond acceptors (Lipinski definition) is 3. The predicted molar refractivity (Wildman–Crippen MR) is 96.3 cm³/mol. The van der Waals surface area contributed by atoms with E-state index in [0.717, 1.165) is 10.9 Å². The maximum atomic E-state index is 12.6. The Morgan fingerprint density at radius 1 is 1.21 bits per heavy atom. The van der Waals surface area contributed by atoms with E-state index in [-0.39, 0.29) is 23.8 Å². The average molecular weight is 384 g/mol.